The molecule has 0 saturated carbocycles. The summed E-state index contributed by atoms with van der Waals surface area (Å²) >= 11 is 0. The lowest BCUT2D eigenvalue weighted by atomic mass is 9.77. The van der Waals surface area contributed by atoms with Gasteiger partial charge < -0.3 is 0 Å². The van der Waals surface area contributed by atoms with Crippen molar-refractivity contribution in [1.82, 2.24) is 0 Å². The van der Waals surface area contributed by atoms with Crippen molar-refractivity contribution in [2.45, 2.75) is 32.6 Å². The van der Waals surface area contributed by atoms with E-state index in [0.29, 0.717) is 11.7 Å². The van der Waals surface area contributed by atoms with Gasteiger partial charge in [-0.2, -0.15) is 0 Å². The van der Waals surface area contributed by atoms with Gasteiger partial charge in [-0.05, 0) is 77.1 Å². The molecule has 182 valence electrons. The number of hydrogen-bond donors (Lipinski definition) is 0. The lowest BCUT2D eigenvalue weighted by Gasteiger charge is -2.25. The molecule has 5 aromatic rings. The minimum Gasteiger partial charge on any atom is -0.294 e. The molecule has 5 aromatic carbocycles. The first-order valence-electron chi connectivity index (χ1n) is 13.4. The zero-order chi connectivity index (χ0) is 25.2. The van der Waals surface area contributed by atoms with Gasteiger partial charge in [-0.25, -0.2) is 0 Å². The van der Waals surface area contributed by atoms with E-state index in [2.05, 4.69) is 116 Å². The minimum atomic E-state index is -0.0398. The highest BCUT2D eigenvalue weighted by Crippen LogP contribution is 2.39. The molecule has 0 heterocycles. The van der Waals surface area contributed by atoms with Gasteiger partial charge in [-0.15, -0.1) is 0 Å². The maximum Gasteiger partial charge on any atom is 0.167 e. The van der Waals surface area contributed by atoms with Gasteiger partial charge in [0.2, 0.25) is 0 Å². The molecule has 6 rings (SSSR count). The lowest BCUT2D eigenvalue weighted by Crippen LogP contribution is -2.26. The van der Waals surface area contributed by atoms with Crippen LogP contribution in [0.1, 0.15) is 39.0 Å². The van der Waals surface area contributed by atoms with Gasteiger partial charge in [-0.3, -0.25) is 4.79 Å². The smallest absolute Gasteiger partial charge is 0.167 e. The molecular formula is C36H32O. The predicted octanol–water partition coefficient (Wildman–Crippen LogP) is 8.66. The average molecular weight is 481 g/mol. The molecule has 0 aromatic heterocycles. The summed E-state index contributed by atoms with van der Waals surface area (Å²) in [5, 5.41) is 2.18. The van der Waals surface area contributed by atoms with Crippen LogP contribution in [0.3, 0.4) is 0 Å². The average Bonchev–Trinajstić information content (AvgIpc) is 3.38. The number of rotatable bonds is 7. The maximum atomic E-state index is 14.8. The Kier molecular flexibility index (Phi) is 6.45. The number of aryl methyl sites for hydroxylation is 2. The summed E-state index contributed by atoms with van der Waals surface area (Å²) in [7, 11) is 0. The normalized spacial score (nSPS) is 14.0. The predicted molar refractivity (Wildman–Crippen MR) is 154 cm³/mol. The number of ketones is 1. The first-order chi connectivity index (χ1) is 18.2. The molecule has 0 spiro atoms. The number of Topliss-reactive ketones (excluding diaryl/α,β-unsaturated/α-hetero) is 1. The van der Waals surface area contributed by atoms with Crippen LogP contribution >= 0.6 is 0 Å². The highest BCUT2D eigenvalue weighted by Gasteiger charge is 2.35. The van der Waals surface area contributed by atoms with Gasteiger partial charge >= 0.3 is 0 Å². The molecule has 1 nitrogen and oxygen atoms in total. The summed E-state index contributed by atoms with van der Waals surface area (Å²) < 4.78 is 0. The van der Waals surface area contributed by atoms with Crippen molar-refractivity contribution in [3.8, 4) is 11.1 Å². The molecule has 1 heteroatoms. The van der Waals surface area contributed by atoms with Crippen LogP contribution in [0, 0.1) is 18.8 Å². The van der Waals surface area contributed by atoms with E-state index in [1.54, 1.807) is 0 Å². The number of benzene rings is 5. The molecule has 0 amide bonds. The molecular weight excluding hydrogens is 448 g/mol. The second-order valence-corrected chi connectivity index (χ2v) is 10.5. The van der Waals surface area contributed by atoms with Crippen molar-refractivity contribution >= 4 is 16.6 Å². The van der Waals surface area contributed by atoms with Crippen molar-refractivity contribution in [2.75, 3.05) is 0 Å². The fraction of sp³-hybridized carbons (Fsp3) is 0.194. The van der Waals surface area contributed by atoms with Crippen LogP contribution in [0.2, 0.25) is 0 Å². The van der Waals surface area contributed by atoms with Gasteiger partial charge in [0.05, 0.1) is 0 Å². The van der Waals surface area contributed by atoms with E-state index in [4.69, 9.17) is 0 Å². The molecule has 0 radical (unpaired) electrons. The summed E-state index contributed by atoms with van der Waals surface area (Å²) in [6, 6.07) is 40.6. The third-order valence-corrected chi connectivity index (χ3v) is 8.11. The Labute approximate surface area is 219 Å². The Hall–Kier alpha value is -3.97. The van der Waals surface area contributed by atoms with Gasteiger partial charge in [0.25, 0.3) is 0 Å². The van der Waals surface area contributed by atoms with Crippen LogP contribution in [-0.2, 0) is 19.3 Å². The maximum absolute atomic E-state index is 14.8. The molecule has 0 fully saturated rings. The first-order valence-corrected chi connectivity index (χ1v) is 13.4. The van der Waals surface area contributed by atoms with Crippen molar-refractivity contribution < 1.29 is 4.79 Å². The van der Waals surface area contributed by atoms with Crippen molar-refractivity contribution in [3.05, 3.63) is 143 Å². The fourth-order valence-corrected chi connectivity index (χ4v) is 6.12. The van der Waals surface area contributed by atoms with Gasteiger partial charge in [0, 0.05) is 11.5 Å². The molecule has 0 saturated heterocycles. The Morgan fingerprint density at radius 2 is 1.38 bits per heavy atom. The van der Waals surface area contributed by atoms with E-state index in [-0.39, 0.29) is 5.92 Å². The summed E-state index contributed by atoms with van der Waals surface area (Å²) in [5.74, 6) is 0.570. The first kappa shape index (κ1) is 23.4. The van der Waals surface area contributed by atoms with E-state index >= 15 is 0 Å². The van der Waals surface area contributed by atoms with E-state index in [9.17, 15) is 4.79 Å². The van der Waals surface area contributed by atoms with Crippen LogP contribution in [-0.4, -0.2) is 5.78 Å². The van der Waals surface area contributed by atoms with Crippen LogP contribution in [0.25, 0.3) is 21.9 Å². The van der Waals surface area contributed by atoms with Crippen LogP contribution in [0.5, 0.6) is 0 Å². The zero-order valence-corrected chi connectivity index (χ0v) is 21.4. The molecule has 1 aliphatic carbocycles. The van der Waals surface area contributed by atoms with Gasteiger partial charge in [-0.1, -0.05) is 121 Å². The highest BCUT2D eigenvalue weighted by atomic mass is 16.1. The molecule has 0 aliphatic heterocycles. The third kappa shape index (κ3) is 4.74. The second-order valence-electron chi connectivity index (χ2n) is 10.5. The molecule has 37 heavy (non-hydrogen) atoms. The minimum absolute atomic E-state index is 0.0398. The third-order valence-electron chi connectivity index (χ3n) is 8.11. The van der Waals surface area contributed by atoms with Crippen LogP contribution < -0.4 is 0 Å². The molecule has 0 bridgehead atoms. The molecule has 1 atom stereocenters. The van der Waals surface area contributed by atoms with Crippen LogP contribution in [0.4, 0.5) is 0 Å². The second kappa shape index (κ2) is 10.2. The highest BCUT2D eigenvalue weighted by molar-refractivity contribution is 6.14. The Bertz CT molecular complexity index is 1520. The topological polar surface area (TPSA) is 17.1 Å². The molecule has 0 N–H and O–H groups in total. The largest absolute Gasteiger partial charge is 0.294 e. The van der Waals surface area contributed by atoms with E-state index in [1.807, 2.05) is 6.07 Å². The fourth-order valence-electron chi connectivity index (χ4n) is 6.12. The summed E-state index contributed by atoms with van der Waals surface area (Å²) in [6.45, 7) is 2.12. The SMILES string of the molecule is Cc1ccc(CCC(C(=O)c2c(-c3ccccc3)ccc3ccccc23)C2Cc3ccccc3C2)cc1. The number of hydrogen-bond acceptors (Lipinski definition) is 1. The summed E-state index contributed by atoms with van der Waals surface area (Å²) in [4.78, 5) is 14.8. The Balaban J connectivity index is 1.43. The molecule has 1 aliphatic rings. The number of fused-ring (bicyclic) bond motifs is 2. The zero-order valence-electron chi connectivity index (χ0n) is 21.4. The standard InChI is InChI=1S/C36H32O/c1-25-15-17-26(18-16-25)19-21-34(31-23-29-12-5-6-13-30(29)24-31)36(37)35-32-14-8-7-11-28(32)20-22-33(35)27-9-3-2-4-10-27/h2-18,20,22,31,34H,19,21,23-24H2,1H3. The Morgan fingerprint density at radius 1 is 0.730 bits per heavy atom. The van der Waals surface area contributed by atoms with Gasteiger partial charge in [0.1, 0.15) is 0 Å². The Morgan fingerprint density at radius 3 is 2.11 bits per heavy atom. The van der Waals surface area contributed by atoms with Gasteiger partial charge in [0.15, 0.2) is 5.78 Å². The lowest BCUT2D eigenvalue weighted by molar-refractivity contribution is 0.0868. The summed E-state index contributed by atoms with van der Waals surface area (Å²) in [6.07, 6.45) is 3.73. The quantitative estimate of drug-likeness (QED) is 0.213. The van der Waals surface area contributed by atoms with Crippen molar-refractivity contribution in [2.24, 2.45) is 11.8 Å². The van der Waals surface area contributed by atoms with Crippen molar-refractivity contribution in [1.29, 1.82) is 0 Å². The van der Waals surface area contributed by atoms with E-state index in [0.717, 1.165) is 53.1 Å². The van der Waals surface area contributed by atoms with Crippen molar-refractivity contribution in [3.63, 3.8) is 0 Å². The monoisotopic (exact) mass is 480 g/mol. The number of carbonyl (C=O) groups is 1. The molecule has 1 unspecified atom stereocenters. The van der Waals surface area contributed by atoms with E-state index in [1.165, 1.54) is 22.3 Å². The van der Waals surface area contributed by atoms with E-state index < -0.39 is 0 Å². The van der Waals surface area contributed by atoms with Crippen LogP contribution in [0.15, 0.2) is 115 Å². The summed E-state index contributed by atoms with van der Waals surface area (Å²) in [5.41, 5.74) is 8.41. The number of carbonyl (C=O) groups excluding carboxylic acids is 1.